The van der Waals surface area contributed by atoms with Gasteiger partial charge in [-0.05, 0) is 37.6 Å². The Kier molecular flexibility index (Phi) is 6.75. The predicted octanol–water partition coefficient (Wildman–Crippen LogP) is 4.27. The van der Waals surface area contributed by atoms with Gasteiger partial charge in [0, 0.05) is 43.2 Å². The van der Waals surface area contributed by atoms with Crippen LogP contribution in [-0.4, -0.2) is 65.7 Å². The third-order valence-corrected chi connectivity index (χ3v) is 6.74. The van der Waals surface area contributed by atoms with Crippen LogP contribution >= 0.6 is 11.6 Å². The molecule has 2 heterocycles. The first kappa shape index (κ1) is 22.0. The van der Waals surface area contributed by atoms with Crippen LogP contribution in [0, 0.1) is 13.8 Å². The molecule has 2 aliphatic heterocycles. The molecule has 0 unspecified atom stereocenters. The van der Waals surface area contributed by atoms with Crippen molar-refractivity contribution >= 4 is 23.2 Å². The first-order valence-electron chi connectivity index (χ1n) is 11.1. The lowest BCUT2D eigenvalue weighted by Crippen LogP contribution is -2.49. The highest BCUT2D eigenvalue weighted by Crippen LogP contribution is 2.36. The molecule has 0 aliphatic carbocycles. The maximum Gasteiger partial charge on any atom is 0.257 e. The molecular weight excluding hydrogens is 408 g/mol. The normalized spacial score (nSPS) is 20.2. The molecule has 2 aromatic rings. The van der Waals surface area contributed by atoms with Gasteiger partial charge in [-0.2, -0.15) is 5.10 Å². The van der Waals surface area contributed by atoms with Crippen LogP contribution in [0.2, 0.25) is 5.02 Å². The van der Waals surface area contributed by atoms with Crippen molar-refractivity contribution in [1.82, 2.24) is 14.8 Å². The Balaban J connectivity index is 1.59. The summed E-state index contributed by atoms with van der Waals surface area (Å²) in [7, 11) is 0. The molecule has 5 nitrogen and oxygen atoms in total. The quantitative estimate of drug-likeness (QED) is 0.699. The molecule has 6 heteroatoms. The average Bonchev–Trinajstić information content (AvgIpc) is 3.19. The van der Waals surface area contributed by atoms with Crippen LogP contribution in [0.3, 0.4) is 0 Å². The number of halogens is 1. The van der Waals surface area contributed by atoms with Crippen LogP contribution in [0.15, 0.2) is 47.6 Å². The van der Waals surface area contributed by atoms with Crippen LogP contribution in [0.1, 0.15) is 41.6 Å². The smallest absolute Gasteiger partial charge is 0.257 e. The number of carbonyl (C=O) groups excluding carboxylic acids is 1. The van der Waals surface area contributed by atoms with Gasteiger partial charge in [0.25, 0.3) is 5.91 Å². The number of nitrogens with zero attached hydrogens (tertiary/aromatic N) is 4. The van der Waals surface area contributed by atoms with Gasteiger partial charge in [-0.1, -0.05) is 60.5 Å². The number of hydrogen-bond donors (Lipinski definition) is 0. The number of piperazine rings is 1. The topological polar surface area (TPSA) is 39.1 Å². The maximum absolute atomic E-state index is 13.4. The highest BCUT2D eigenvalue weighted by atomic mass is 35.5. The summed E-state index contributed by atoms with van der Waals surface area (Å²) in [5.41, 5.74) is 5.42. The van der Waals surface area contributed by atoms with Crippen molar-refractivity contribution < 1.29 is 4.79 Å². The van der Waals surface area contributed by atoms with Crippen LogP contribution in [0.4, 0.5) is 0 Å². The van der Waals surface area contributed by atoms with E-state index >= 15 is 0 Å². The van der Waals surface area contributed by atoms with Crippen LogP contribution in [0.5, 0.6) is 0 Å². The molecule has 4 rings (SSSR count). The summed E-state index contributed by atoms with van der Waals surface area (Å²) in [6, 6.07) is 14.0. The minimum atomic E-state index is -0.172. The van der Waals surface area contributed by atoms with Crippen molar-refractivity contribution in [2.24, 2.45) is 5.10 Å². The van der Waals surface area contributed by atoms with Gasteiger partial charge in [-0.25, -0.2) is 5.01 Å². The summed E-state index contributed by atoms with van der Waals surface area (Å²) in [6.45, 7) is 11.7. The second kappa shape index (κ2) is 9.51. The molecule has 1 fully saturated rings. The molecule has 164 valence electrons. The molecule has 2 aliphatic rings. The number of likely N-dealkylation sites (N-methyl/N-ethyl adjacent to an activating group) is 1. The van der Waals surface area contributed by atoms with Crippen LogP contribution in [0.25, 0.3) is 0 Å². The standard InChI is InChI=1S/C25H31ClN4O/c1-4-28-11-13-29(14-12-28)17-25(31)30-24(21-7-5-6-8-22(21)26)16-23(27-30)20-10-9-18(2)15-19(20)3/h5-10,15,24H,4,11-14,16-17H2,1-3H3/t24-/m0/s1. The summed E-state index contributed by atoms with van der Waals surface area (Å²) < 4.78 is 0. The highest BCUT2D eigenvalue weighted by molar-refractivity contribution is 6.31. The molecule has 0 aromatic heterocycles. The van der Waals surface area contributed by atoms with Gasteiger partial charge < -0.3 is 4.90 Å². The molecule has 0 radical (unpaired) electrons. The van der Waals surface area contributed by atoms with Gasteiger partial charge >= 0.3 is 0 Å². The van der Waals surface area contributed by atoms with Crippen LogP contribution < -0.4 is 0 Å². The van der Waals surface area contributed by atoms with E-state index in [0.717, 1.165) is 49.6 Å². The summed E-state index contributed by atoms with van der Waals surface area (Å²) >= 11 is 6.54. The second-order valence-corrected chi connectivity index (χ2v) is 8.96. The Morgan fingerprint density at radius 2 is 1.77 bits per heavy atom. The lowest BCUT2D eigenvalue weighted by molar-refractivity contribution is -0.134. The van der Waals surface area contributed by atoms with Crippen molar-refractivity contribution in [2.75, 3.05) is 39.3 Å². The zero-order chi connectivity index (χ0) is 22.0. The molecule has 1 amide bonds. The lowest BCUT2D eigenvalue weighted by Gasteiger charge is -2.34. The number of aryl methyl sites for hydroxylation is 2. The van der Waals surface area contributed by atoms with E-state index in [1.165, 1.54) is 11.1 Å². The second-order valence-electron chi connectivity index (χ2n) is 8.56. The summed E-state index contributed by atoms with van der Waals surface area (Å²) in [5, 5.41) is 7.21. The van der Waals surface area contributed by atoms with Gasteiger partial charge in [0.15, 0.2) is 0 Å². The van der Waals surface area contributed by atoms with Gasteiger partial charge in [-0.15, -0.1) is 0 Å². The van der Waals surface area contributed by atoms with E-state index in [1.807, 2.05) is 24.3 Å². The monoisotopic (exact) mass is 438 g/mol. The Hall–Kier alpha value is -2.21. The number of hydrazone groups is 1. The van der Waals surface area contributed by atoms with Crippen molar-refractivity contribution in [3.8, 4) is 0 Å². The van der Waals surface area contributed by atoms with Crippen molar-refractivity contribution in [3.05, 3.63) is 69.7 Å². The van der Waals surface area contributed by atoms with Crippen LogP contribution in [-0.2, 0) is 4.79 Å². The molecular formula is C25H31ClN4O. The number of carbonyl (C=O) groups is 1. The minimum absolute atomic E-state index is 0.0367. The molecule has 1 atom stereocenters. The first-order valence-corrected chi connectivity index (χ1v) is 11.5. The fourth-order valence-corrected chi connectivity index (χ4v) is 4.82. The van der Waals surface area contributed by atoms with Gasteiger partial charge in [0.05, 0.1) is 18.3 Å². The van der Waals surface area contributed by atoms with E-state index in [0.29, 0.717) is 18.0 Å². The largest absolute Gasteiger partial charge is 0.301 e. The zero-order valence-corrected chi connectivity index (χ0v) is 19.4. The average molecular weight is 439 g/mol. The van der Waals surface area contributed by atoms with E-state index in [2.05, 4.69) is 48.8 Å². The fourth-order valence-electron chi connectivity index (χ4n) is 4.56. The molecule has 0 saturated carbocycles. The van der Waals surface area contributed by atoms with Gasteiger partial charge in [0.2, 0.25) is 0 Å². The zero-order valence-electron chi connectivity index (χ0n) is 18.6. The van der Waals surface area contributed by atoms with Crippen molar-refractivity contribution in [1.29, 1.82) is 0 Å². The van der Waals surface area contributed by atoms with Crippen molar-refractivity contribution in [2.45, 2.75) is 33.2 Å². The number of hydrogen-bond acceptors (Lipinski definition) is 4. The number of rotatable bonds is 5. The molecule has 31 heavy (non-hydrogen) atoms. The lowest BCUT2D eigenvalue weighted by atomic mass is 9.95. The Morgan fingerprint density at radius 1 is 1.06 bits per heavy atom. The summed E-state index contributed by atoms with van der Waals surface area (Å²) in [4.78, 5) is 18.1. The third-order valence-electron chi connectivity index (χ3n) is 6.39. The maximum atomic E-state index is 13.4. The number of amides is 1. The van der Waals surface area contributed by atoms with E-state index in [4.69, 9.17) is 16.7 Å². The molecule has 0 N–H and O–H groups in total. The highest BCUT2D eigenvalue weighted by Gasteiger charge is 2.35. The Morgan fingerprint density at radius 3 is 2.45 bits per heavy atom. The molecule has 0 bridgehead atoms. The minimum Gasteiger partial charge on any atom is -0.301 e. The molecule has 2 aromatic carbocycles. The van der Waals surface area contributed by atoms with Crippen molar-refractivity contribution in [3.63, 3.8) is 0 Å². The number of benzene rings is 2. The van der Waals surface area contributed by atoms with E-state index in [-0.39, 0.29) is 11.9 Å². The van der Waals surface area contributed by atoms with Gasteiger partial charge in [-0.3, -0.25) is 9.69 Å². The SMILES string of the molecule is CCN1CCN(CC(=O)N2N=C(c3ccc(C)cc3C)C[C@H]2c2ccccc2Cl)CC1. The predicted molar refractivity (Wildman–Crippen MR) is 127 cm³/mol. The Labute approximate surface area is 190 Å². The van der Waals surface area contributed by atoms with E-state index in [9.17, 15) is 4.79 Å². The molecule has 1 saturated heterocycles. The summed E-state index contributed by atoms with van der Waals surface area (Å²) in [6.07, 6.45) is 0.670. The van der Waals surface area contributed by atoms with Gasteiger partial charge in [0.1, 0.15) is 0 Å². The Bertz CT molecular complexity index is 981. The third kappa shape index (κ3) is 4.84. The van der Waals surface area contributed by atoms with E-state index in [1.54, 1.807) is 5.01 Å². The fraction of sp³-hybridized carbons (Fsp3) is 0.440. The molecule has 0 spiro atoms. The van der Waals surface area contributed by atoms with E-state index < -0.39 is 0 Å². The first-order chi connectivity index (χ1) is 15.0. The summed E-state index contributed by atoms with van der Waals surface area (Å²) in [5.74, 6) is 0.0367.